The zero-order valence-corrected chi connectivity index (χ0v) is 17.5. The molecule has 1 atom stereocenters. The SMILES string of the molecule is Cc1cc(OC(C)c2nc3ccccc3n2Cc2c(F)cccc2Cl)ccc1Cl. The Bertz CT molecular complexity index is 1170. The first-order valence-corrected chi connectivity index (χ1v) is 10.0. The number of fused-ring (bicyclic) bond motifs is 1. The number of hydrogen-bond donors (Lipinski definition) is 0. The molecule has 1 aromatic heterocycles. The minimum atomic E-state index is -0.367. The third-order valence-corrected chi connectivity index (χ3v) is 5.65. The third-order valence-electron chi connectivity index (χ3n) is 4.87. The maximum absolute atomic E-state index is 14.4. The maximum atomic E-state index is 14.4. The van der Waals surface area contributed by atoms with Crippen LogP contribution in [0.4, 0.5) is 4.39 Å². The van der Waals surface area contributed by atoms with Crippen molar-refractivity contribution in [2.75, 3.05) is 0 Å². The lowest BCUT2D eigenvalue weighted by atomic mass is 10.2. The van der Waals surface area contributed by atoms with E-state index in [0.29, 0.717) is 27.2 Å². The van der Waals surface area contributed by atoms with Gasteiger partial charge in [0, 0.05) is 15.6 Å². The van der Waals surface area contributed by atoms with Crippen LogP contribution in [0.15, 0.2) is 60.7 Å². The van der Waals surface area contributed by atoms with Crippen molar-refractivity contribution >= 4 is 34.2 Å². The summed E-state index contributed by atoms with van der Waals surface area (Å²) in [6.07, 6.45) is -0.367. The van der Waals surface area contributed by atoms with E-state index in [1.165, 1.54) is 6.07 Å². The maximum Gasteiger partial charge on any atom is 0.153 e. The second-order valence-electron chi connectivity index (χ2n) is 6.92. The molecule has 0 fully saturated rings. The van der Waals surface area contributed by atoms with E-state index < -0.39 is 0 Å². The number of hydrogen-bond acceptors (Lipinski definition) is 2. The summed E-state index contributed by atoms with van der Waals surface area (Å²) in [5.41, 5.74) is 3.07. The van der Waals surface area contributed by atoms with Gasteiger partial charge in [0.2, 0.25) is 0 Å². The van der Waals surface area contributed by atoms with Gasteiger partial charge in [-0.2, -0.15) is 0 Å². The molecule has 0 amide bonds. The van der Waals surface area contributed by atoms with Crippen molar-refractivity contribution in [3.63, 3.8) is 0 Å². The highest BCUT2D eigenvalue weighted by Crippen LogP contribution is 2.29. The molecule has 4 aromatic rings. The molecule has 1 unspecified atom stereocenters. The molecule has 148 valence electrons. The lowest BCUT2D eigenvalue weighted by Gasteiger charge is -2.18. The van der Waals surface area contributed by atoms with E-state index >= 15 is 0 Å². The molecule has 0 aliphatic carbocycles. The van der Waals surface area contributed by atoms with E-state index in [1.807, 2.05) is 54.8 Å². The van der Waals surface area contributed by atoms with E-state index in [9.17, 15) is 4.39 Å². The average Bonchev–Trinajstić information content (AvgIpc) is 3.06. The third kappa shape index (κ3) is 3.96. The van der Waals surface area contributed by atoms with Gasteiger partial charge in [0.05, 0.1) is 17.6 Å². The Hall–Kier alpha value is -2.56. The van der Waals surface area contributed by atoms with Crippen LogP contribution >= 0.6 is 23.2 Å². The van der Waals surface area contributed by atoms with E-state index in [1.54, 1.807) is 18.2 Å². The number of aromatic nitrogens is 2. The summed E-state index contributed by atoms with van der Waals surface area (Å²) in [6, 6.07) is 18.0. The highest BCUT2D eigenvalue weighted by atomic mass is 35.5. The van der Waals surface area contributed by atoms with E-state index in [4.69, 9.17) is 32.9 Å². The van der Waals surface area contributed by atoms with Gasteiger partial charge in [-0.05, 0) is 61.9 Å². The molecule has 0 aliphatic heterocycles. The molecule has 0 bridgehead atoms. The summed E-state index contributed by atoms with van der Waals surface area (Å²) in [4.78, 5) is 4.75. The van der Waals surface area contributed by atoms with Crippen LogP contribution in [0.3, 0.4) is 0 Å². The minimum Gasteiger partial charge on any atom is -0.483 e. The van der Waals surface area contributed by atoms with Crippen molar-refractivity contribution < 1.29 is 9.13 Å². The Morgan fingerprint density at radius 3 is 2.59 bits per heavy atom. The molecule has 4 rings (SSSR count). The second-order valence-corrected chi connectivity index (χ2v) is 7.73. The molecule has 0 radical (unpaired) electrons. The van der Waals surface area contributed by atoms with Crippen molar-refractivity contribution in [2.24, 2.45) is 0 Å². The zero-order chi connectivity index (χ0) is 20.5. The van der Waals surface area contributed by atoms with Crippen LogP contribution in [0.1, 0.15) is 30.0 Å². The van der Waals surface area contributed by atoms with Crippen LogP contribution in [0.5, 0.6) is 5.75 Å². The Morgan fingerprint density at radius 2 is 1.83 bits per heavy atom. The highest BCUT2D eigenvalue weighted by Gasteiger charge is 2.20. The Balaban J connectivity index is 1.75. The first-order valence-electron chi connectivity index (χ1n) is 9.25. The number of aryl methyl sites for hydroxylation is 1. The topological polar surface area (TPSA) is 27.1 Å². The molecular formula is C23H19Cl2FN2O. The van der Waals surface area contributed by atoms with Crippen LogP contribution in [0, 0.1) is 12.7 Å². The predicted octanol–water partition coefficient (Wildman–Crippen LogP) is 6.98. The van der Waals surface area contributed by atoms with E-state index in [0.717, 1.165) is 16.6 Å². The quantitative estimate of drug-likeness (QED) is 0.342. The fraction of sp³-hybridized carbons (Fsp3) is 0.174. The van der Waals surface area contributed by atoms with Gasteiger partial charge in [0.25, 0.3) is 0 Å². The summed E-state index contributed by atoms with van der Waals surface area (Å²) in [7, 11) is 0. The Kier molecular flexibility index (Phi) is 5.48. The van der Waals surface area contributed by atoms with Gasteiger partial charge in [0.1, 0.15) is 11.6 Å². The summed E-state index contributed by atoms with van der Waals surface area (Å²) in [6.45, 7) is 4.11. The summed E-state index contributed by atoms with van der Waals surface area (Å²) in [5.74, 6) is 1.04. The Labute approximate surface area is 178 Å². The van der Waals surface area contributed by atoms with Crippen LogP contribution in [-0.2, 0) is 6.54 Å². The van der Waals surface area contributed by atoms with E-state index in [-0.39, 0.29) is 18.5 Å². The fourth-order valence-electron chi connectivity index (χ4n) is 3.36. The fourth-order valence-corrected chi connectivity index (χ4v) is 3.70. The van der Waals surface area contributed by atoms with Gasteiger partial charge in [0.15, 0.2) is 11.9 Å². The van der Waals surface area contributed by atoms with Crippen LogP contribution < -0.4 is 4.74 Å². The van der Waals surface area contributed by atoms with Gasteiger partial charge in [-0.15, -0.1) is 0 Å². The van der Waals surface area contributed by atoms with Crippen molar-refractivity contribution in [1.82, 2.24) is 9.55 Å². The first-order chi connectivity index (χ1) is 13.9. The van der Waals surface area contributed by atoms with Gasteiger partial charge in [-0.25, -0.2) is 9.37 Å². The first kappa shape index (κ1) is 19.7. The molecule has 0 saturated heterocycles. The van der Waals surface area contributed by atoms with Gasteiger partial charge >= 0.3 is 0 Å². The number of benzene rings is 3. The van der Waals surface area contributed by atoms with Crippen LogP contribution in [-0.4, -0.2) is 9.55 Å². The average molecular weight is 429 g/mol. The minimum absolute atomic E-state index is 0.259. The monoisotopic (exact) mass is 428 g/mol. The van der Waals surface area contributed by atoms with Gasteiger partial charge < -0.3 is 9.30 Å². The van der Waals surface area contributed by atoms with Crippen LogP contribution in [0.2, 0.25) is 10.0 Å². The number of nitrogens with zero attached hydrogens (tertiary/aromatic N) is 2. The van der Waals surface area contributed by atoms with Crippen molar-refractivity contribution in [3.8, 4) is 5.75 Å². The second kappa shape index (κ2) is 8.05. The summed E-state index contributed by atoms with van der Waals surface area (Å²) >= 11 is 12.4. The highest BCUT2D eigenvalue weighted by molar-refractivity contribution is 6.31. The molecule has 3 aromatic carbocycles. The molecule has 0 saturated carbocycles. The molecule has 6 heteroatoms. The molecule has 0 spiro atoms. The molecule has 0 N–H and O–H groups in total. The smallest absolute Gasteiger partial charge is 0.153 e. The molecule has 0 aliphatic rings. The van der Waals surface area contributed by atoms with Crippen LogP contribution in [0.25, 0.3) is 11.0 Å². The van der Waals surface area contributed by atoms with Crippen molar-refractivity contribution in [1.29, 1.82) is 0 Å². The van der Waals surface area contributed by atoms with Gasteiger partial charge in [-0.3, -0.25) is 0 Å². The van der Waals surface area contributed by atoms with Crippen molar-refractivity contribution in [2.45, 2.75) is 26.5 Å². The number of imidazole rings is 1. The zero-order valence-electron chi connectivity index (χ0n) is 16.0. The molecule has 29 heavy (non-hydrogen) atoms. The number of ether oxygens (including phenoxy) is 1. The standard InChI is InChI=1S/C23H19Cl2FN2O/c1-14-12-16(10-11-18(14)24)29-15(2)23-27-21-8-3-4-9-22(21)28(23)13-17-19(25)6-5-7-20(17)26/h3-12,15H,13H2,1-2H3. The lowest BCUT2D eigenvalue weighted by molar-refractivity contribution is 0.212. The molecule has 1 heterocycles. The Morgan fingerprint density at radius 1 is 1.03 bits per heavy atom. The number of para-hydroxylation sites is 2. The normalized spacial score (nSPS) is 12.3. The molecule has 3 nitrogen and oxygen atoms in total. The largest absolute Gasteiger partial charge is 0.483 e. The lowest BCUT2D eigenvalue weighted by Crippen LogP contribution is -2.13. The van der Waals surface area contributed by atoms with Gasteiger partial charge in [-0.1, -0.05) is 41.4 Å². The summed E-state index contributed by atoms with van der Waals surface area (Å²) in [5, 5.41) is 1.07. The summed E-state index contributed by atoms with van der Waals surface area (Å²) < 4.78 is 22.5. The number of rotatable bonds is 5. The van der Waals surface area contributed by atoms with E-state index in [2.05, 4.69) is 0 Å². The predicted molar refractivity (Wildman–Crippen MR) is 115 cm³/mol. The molecular weight excluding hydrogens is 410 g/mol. The number of halogens is 3. The van der Waals surface area contributed by atoms with Crippen molar-refractivity contribution in [3.05, 3.63) is 93.5 Å².